The summed E-state index contributed by atoms with van der Waals surface area (Å²) in [4.78, 5) is 36.0. The Kier molecular flexibility index (Phi) is 8.27. The topological polar surface area (TPSA) is 53.5 Å². The summed E-state index contributed by atoms with van der Waals surface area (Å²) >= 11 is 0. The molecule has 1 aromatic heterocycles. The van der Waals surface area contributed by atoms with E-state index in [0.29, 0.717) is 26.1 Å². The number of carbonyl (C=O) groups is 2. The number of rotatable bonds is 8. The molecule has 196 valence electrons. The minimum Gasteiger partial charge on any atom is -0.336 e. The van der Waals surface area contributed by atoms with Crippen molar-refractivity contribution in [3.05, 3.63) is 143 Å². The molecule has 39 heavy (non-hydrogen) atoms. The molecule has 2 amide bonds. The largest absolute Gasteiger partial charge is 0.336 e. The Morgan fingerprint density at radius 3 is 2.36 bits per heavy atom. The van der Waals surface area contributed by atoms with Crippen LogP contribution in [0.3, 0.4) is 0 Å². The van der Waals surface area contributed by atoms with Gasteiger partial charge in [0.1, 0.15) is 6.04 Å². The van der Waals surface area contributed by atoms with E-state index in [1.807, 2.05) is 96.8 Å². The van der Waals surface area contributed by atoms with Gasteiger partial charge in [0.2, 0.25) is 11.8 Å². The smallest absolute Gasteiger partial charge is 0.247 e. The van der Waals surface area contributed by atoms with Crippen LogP contribution in [0.1, 0.15) is 33.4 Å². The maximum absolute atomic E-state index is 14.3. The SMILES string of the molecule is Cc1ccc(/C=C/C(=O)N(Cc2cccnc2)[C@@H](Cc2ccccc2)C(=O)N2CCc3ccccc3C2)cc1. The molecule has 2 heterocycles. The Labute approximate surface area is 230 Å². The van der Waals surface area contributed by atoms with Crippen LogP contribution < -0.4 is 0 Å². The lowest BCUT2D eigenvalue weighted by Crippen LogP contribution is -2.52. The van der Waals surface area contributed by atoms with E-state index in [0.717, 1.165) is 28.7 Å². The molecular formula is C34H33N3O2. The van der Waals surface area contributed by atoms with E-state index in [1.165, 1.54) is 11.1 Å². The highest BCUT2D eigenvalue weighted by molar-refractivity contribution is 5.95. The van der Waals surface area contributed by atoms with Crippen LogP contribution >= 0.6 is 0 Å². The molecule has 0 spiro atoms. The molecule has 1 atom stereocenters. The summed E-state index contributed by atoms with van der Waals surface area (Å²) in [5.41, 5.74) is 6.44. The second kappa shape index (κ2) is 12.4. The number of pyridine rings is 1. The fraction of sp³-hybridized carbons (Fsp3) is 0.206. The summed E-state index contributed by atoms with van der Waals surface area (Å²) in [5.74, 6) is -0.236. The highest BCUT2D eigenvalue weighted by atomic mass is 16.2. The molecule has 0 bridgehead atoms. The summed E-state index contributed by atoms with van der Waals surface area (Å²) in [6, 6.07) is 29.4. The minimum absolute atomic E-state index is 0.0330. The van der Waals surface area contributed by atoms with Crippen LogP contribution in [0.15, 0.2) is 109 Å². The van der Waals surface area contributed by atoms with Crippen LogP contribution in [-0.2, 0) is 35.5 Å². The van der Waals surface area contributed by atoms with Gasteiger partial charge >= 0.3 is 0 Å². The fourth-order valence-corrected chi connectivity index (χ4v) is 5.03. The number of hydrogen-bond acceptors (Lipinski definition) is 3. The molecule has 5 rings (SSSR count). The Morgan fingerprint density at radius 1 is 0.897 bits per heavy atom. The molecule has 0 aliphatic carbocycles. The molecule has 4 aromatic rings. The van der Waals surface area contributed by atoms with E-state index in [9.17, 15) is 9.59 Å². The molecule has 0 unspecified atom stereocenters. The van der Waals surface area contributed by atoms with Crippen molar-refractivity contribution in [2.24, 2.45) is 0 Å². The summed E-state index contributed by atoms with van der Waals surface area (Å²) in [7, 11) is 0. The van der Waals surface area contributed by atoms with Crippen LogP contribution in [0.25, 0.3) is 6.08 Å². The van der Waals surface area contributed by atoms with Crippen molar-refractivity contribution in [2.75, 3.05) is 6.54 Å². The minimum atomic E-state index is -0.659. The highest BCUT2D eigenvalue weighted by Crippen LogP contribution is 2.23. The van der Waals surface area contributed by atoms with Crippen molar-refractivity contribution >= 4 is 17.9 Å². The fourth-order valence-electron chi connectivity index (χ4n) is 5.03. The summed E-state index contributed by atoms with van der Waals surface area (Å²) < 4.78 is 0. The zero-order valence-corrected chi connectivity index (χ0v) is 22.2. The van der Waals surface area contributed by atoms with Gasteiger partial charge in [0.25, 0.3) is 0 Å². The van der Waals surface area contributed by atoms with Crippen molar-refractivity contribution in [2.45, 2.75) is 38.9 Å². The zero-order valence-electron chi connectivity index (χ0n) is 22.2. The van der Waals surface area contributed by atoms with Crippen molar-refractivity contribution in [3.63, 3.8) is 0 Å². The molecule has 0 saturated heterocycles. The number of hydrogen-bond donors (Lipinski definition) is 0. The van der Waals surface area contributed by atoms with Crippen LogP contribution in [0.2, 0.25) is 0 Å². The number of nitrogens with zero attached hydrogens (tertiary/aromatic N) is 3. The number of aryl methyl sites for hydroxylation is 1. The van der Waals surface area contributed by atoms with Gasteiger partial charge in [-0.2, -0.15) is 0 Å². The van der Waals surface area contributed by atoms with Crippen LogP contribution in [0.4, 0.5) is 0 Å². The Balaban J connectivity index is 1.48. The predicted octanol–water partition coefficient (Wildman–Crippen LogP) is 5.63. The van der Waals surface area contributed by atoms with Gasteiger partial charge in [-0.1, -0.05) is 90.5 Å². The van der Waals surface area contributed by atoms with E-state index in [2.05, 4.69) is 17.1 Å². The molecular weight excluding hydrogens is 482 g/mol. The lowest BCUT2D eigenvalue weighted by atomic mass is 9.97. The molecule has 0 N–H and O–H groups in total. The van der Waals surface area contributed by atoms with Gasteiger partial charge < -0.3 is 9.80 Å². The molecule has 5 heteroatoms. The monoisotopic (exact) mass is 515 g/mol. The second-order valence-corrected chi connectivity index (χ2v) is 10.1. The van der Waals surface area contributed by atoms with E-state index >= 15 is 0 Å². The maximum Gasteiger partial charge on any atom is 0.247 e. The van der Waals surface area contributed by atoms with Crippen molar-refractivity contribution in [3.8, 4) is 0 Å². The van der Waals surface area contributed by atoms with Gasteiger partial charge in [0, 0.05) is 44.5 Å². The molecule has 0 fully saturated rings. The Bertz CT molecular complexity index is 1430. The van der Waals surface area contributed by atoms with Crippen LogP contribution in [0, 0.1) is 6.92 Å². The first kappa shape index (κ1) is 26.1. The molecule has 1 aliphatic heterocycles. The Hall–Kier alpha value is -4.51. The molecule has 3 aromatic carbocycles. The maximum atomic E-state index is 14.3. The number of aromatic nitrogens is 1. The molecule has 0 saturated carbocycles. The zero-order chi connectivity index (χ0) is 27.0. The van der Waals surface area contributed by atoms with Crippen LogP contribution in [-0.4, -0.2) is 39.2 Å². The quantitative estimate of drug-likeness (QED) is 0.286. The van der Waals surface area contributed by atoms with Gasteiger partial charge in [0.15, 0.2) is 0 Å². The van der Waals surface area contributed by atoms with Crippen molar-refractivity contribution in [1.82, 2.24) is 14.8 Å². The predicted molar refractivity (Wildman–Crippen MR) is 154 cm³/mol. The van der Waals surface area contributed by atoms with Gasteiger partial charge in [-0.15, -0.1) is 0 Å². The van der Waals surface area contributed by atoms with Crippen molar-refractivity contribution < 1.29 is 9.59 Å². The van der Waals surface area contributed by atoms with Crippen molar-refractivity contribution in [1.29, 1.82) is 0 Å². The third-order valence-corrected chi connectivity index (χ3v) is 7.23. The number of benzene rings is 3. The van der Waals surface area contributed by atoms with E-state index in [1.54, 1.807) is 23.4 Å². The lowest BCUT2D eigenvalue weighted by molar-refractivity contribution is -0.144. The summed E-state index contributed by atoms with van der Waals surface area (Å²) in [6.07, 6.45) is 8.11. The third kappa shape index (κ3) is 6.68. The van der Waals surface area contributed by atoms with E-state index < -0.39 is 6.04 Å². The number of fused-ring (bicyclic) bond motifs is 1. The molecule has 1 aliphatic rings. The average molecular weight is 516 g/mol. The Morgan fingerprint density at radius 2 is 1.62 bits per heavy atom. The number of amides is 2. The standard InChI is InChI=1S/C34H33N3O2/c1-26-13-15-27(16-14-26)17-18-33(38)37(24-29-10-7-20-35-23-29)32(22-28-8-3-2-4-9-28)34(39)36-21-19-30-11-5-6-12-31(30)25-36/h2-18,20,23,32H,19,21-22,24-25H2,1H3/b18-17+/t32-/m0/s1. The second-order valence-electron chi connectivity index (χ2n) is 10.1. The van der Waals surface area contributed by atoms with Gasteiger partial charge in [-0.25, -0.2) is 0 Å². The highest BCUT2D eigenvalue weighted by Gasteiger charge is 2.34. The average Bonchev–Trinajstić information content (AvgIpc) is 2.99. The molecule has 5 nitrogen and oxygen atoms in total. The normalized spacial score (nSPS) is 13.6. The van der Waals surface area contributed by atoms with Crippen LogP contribution in [0.5, 0.6) is 0 Å². The first-order valence-electron chi connectivity index (χ1n) is 13.4. The van der Waals surface area contributed by atoms with Gasteiger partial charge in [-0.3, -0.25) is 14.6 Å². The molecule has 0 radical (unpaired) electrons. The summed E-state index contributed by atoms with van der Waals surface area (Å²) in [5, 5.41) is 0. The first-order chi connectivity index (χ1) is 19.1. The van der Waals surface area contributed by atoms with E-state index in [-0.39, 0.29) is 11.8 Å². The summed E-state index contributed by atoms with van der Waals surface area (Å²) in [6.45, 7) is 3.51. The van der Waals surface area contributed by atoms with E-state index in [4.69, 9.17) is 0 Å². The lowest BCUT2D eigenvalue weighted by Gasteiger charge is -2.36. The van der Waals surface area contributed by atoms with Gasteiger partial charge in [0.05, 0.1) is 0 Å². The first-order valence-corrected chi connectivity index (χ1v) is 13.4. The van der Waals surface area contributed by atoms with Gasteiger partial charge in [-0.05, 0) is 53.3 Å². The number of carbonyl (C=O) groups excluding carboxylic acids is 2. The third-order valence-electron chi connectivity index (χ3n) is 7.23.